The zero-order valence-corrected chi connectivity index (χ0v) is 12.3. The molecule has 0 heterocycles. The average Bonchev–Trinajstić information content (AvgIpc) is 2.25. The van der Waals surface area contributed by atoms with Crippen molar-refractivity contribution in [1.82, 2.24) is 5.32 Å². The van der Waals surface area contributed by atoms with Crippen LogP contribution in [0.25, 0.3) is 0 Å². The standard InChI is InChI=1S/C16H27NO/c1-12(2)10-13-6-8-14(9-7-13)15(18)11-17-16(3,4)5/h6-9,12,15,17-18H,10-11H2,1-5H3. The van der Waals surface area contributed by atoms with E-state index in [1.54, 1.807) is 0 Å². The molecule has 2 nitrogen and oxygen atoms in total. The van der Waals surface area contributed by atoms with Crippen LogP contribution in [0.1, 0.15) is 51.8 Å². The SMILES string of the molecule is CC(C)Cc1ccc(C(O)CNC(C)(C)C)cc1. The van der Waals surface area contributed by atoms with Crippen molar-refractivity contribution in [2.24, 2.45) is 5.92 Å². The molecule has 0 aromatic heterocycles. The third-order valence-corrected chi connectivity index (χ3v) is 2.83. The summed E-state index contributed by atoms with van der Waals surface area (Å²) in [4.78, 5) is 0. The van der Waals surface area contributed by atoms with E-state index in [1.807, 2.05) is 12.1 Å². The fourth-order valence-electron chi connectivity index (χ4n) is 1.87. The number of hydrogen-bond acceptors (Lipinski definition) is 2. The highest BCUT2D eigenvalue weighted by Gasteiger charge is 2.13. The van der Waals surface area contributed by atoms with Crippen LogP contribution < -0.4 is 5.32 Å². The Kier molecular flexibility index (Phi) is 5.36. The van der Waals surface area contributed by atoms with Gasteiger partial charge in [0.15, 0.2) is 0 Å². The first-order valence-electron chi connectivity index (χ1n) is 6.80. The van der Waals surface area contributed by atoms with Crippen LogP contribution in [0, 0.1) is 5.92 Å². The zero-order valence-electron chi connectivity index (χ0n) is 12.3. The summed E-state index contributed by atoms with van der Waals surface area (Å²) in [7, 11) is 0. The maximum Gasteiger partial charge on any atom is 0.0914 e. The van der Waals surface area contributed by atoms with E-state index < -0.39 is 6.10 Å². The van der Waals surface area contributed by atoms with Gasteiger partial charge in [0.25, 0.3) is 0 Å². The molecule has 1 aromatic rings. The molecule has 0 radical (unpaired) electrons. The molecule has 1 atom stereocenters. The van der Waals surface area contributed by atoms with E-state index in [1.165, 1.54) is 5.56 Å². The molecular weight excluding hydrogens is 222 g/mol. The molecule has 18 heavy (non-hydrogen) atoms. The predicted octanol–water partition coefficient (Wildman–Crippen LogP) is 3.31. The molecule has 0 aliphatic heterocycles. The zero-order chi connectivity index (χ0) is 13.8. The molecule has 0 saturated carbocycles. The third kappa shape index (κ3) is 5.65. The Balaban J connectivity index is 2.56. The summed E-state index contributed by atoms with van der Waals surface area (Å²) < 4.78 is 0. The number of aliphatic hydroxyl groups is 1. The van der Waals surface area contributed by atoms with Crippen LogP contribution in [-0.2, 0) is 6.42 Å². The lowest BCUT2D eigenvalue weighted by atomic mass is 10.00. The van der Waals surface area contributed by atoms with E-state index >= 15 is 0 Å². The lowest BCUT2D eigenvalue weighted by Crippen LogP contribution is -2.38. The van der Waals surface area contributed by atoms with E-state index in [2.05, 4.69) is 52.1 Å². The monoisotopic (exact) mass is 249 g/mol. The van der Waals surface area contributed by atoms with Gasteiger partial charge in [0.2, 0.25) is 0 Å². The molecule has 0 bridgehead atoms. The first kappa shape index (κ1) is 15.2. The van der Waals surface area contributed by atoms with Gasteiger partial charge in [-0.1, -0.05) is 38.1 Å². The van der Waals surface area contributed by atoms with Crippen LogP contribution >= 0.6 is 0 Å². The van der Waals surface area contributed by atoms with Gasteiger partial charge in [-0.05, 0) is 44.2 Å². The van der Waals surface area contributed by atoms with Crippen molar-refractivity contribution >= 4 is 0 Å². The fraction of sp³-hybridized carbons (Fsp3) is 0.625. The molecule has 1 rings (SSSR count). The highest BCUT2D eigenvalue weighted by atomic mass is 16.3. The molecule has 2 heteroatoms. The van der Waals surface area contributed by atoms with Crippen LogP contribution in [0.5, 0.6) is 0 Å². The lowest BCUT2D eigenvalue weighted by Gasteiger charge is -2.23. The summed E-state index contributed by atoms with van der Waals surface area (Å²) in [5.41, 5.74) is 2.36. The normalized spacial score (nSPS) is 13.9. The molecule has 102 valence electrons. The Morgan fingerprint density at radius 1 is 1.11 bits per heavy atom. The maximum atomic E-state index is 10.1. The largest absolute Gasteiger partial charge is 0.387 e. The minimum atomic E-state index is -0.433. The summed E-state index contributed by atoms with van der Waals surface area (Å²) in [6.45, 7) is 11.3. The van der Waals surface area contributed by atoms with E-state index in [9.17, 15) is 5.11 Å². The Morgan fingerprint density at radius 2 is 1.67 bits per heavy atom. The first-order chi connectivity index (χ1) is 8.28. The summed E-state index contributed by atoms with van der Waals surface area (Å²) in [5.74, 6) is 0.670. The summed E-state index contributed by atoms with van der Waals surface area (Å²) in [6.07, 6.45) is 0.661. The van der Waals surface area contributed by atoms with Crippen LogP contribution in [0.2, 0.25) is 0 Å². The van der Waals surface area contributed by atoms with Gasteiger partial charge < -0.3 is 10.4 Å². The molecule has 0 fully saturated rings. The molecule has 0 aliphatic rings. The van der Waals surface area contributed by atoms with Crippen molar-refractivity contribution in [3.63, 3.8) is 0 Å². The van der Waals surface area contributed by atoms with Crippen molar-refractivity contribution in [3.05, 3.63) is 35.4 Å². The van der Waals surface area contributed by atoms with Gasteiger partial charge in [-0.25, -0.2) is 0 Å². The number of rotatable bonds is 5. The molecule has 0 aliphatic carbocycles. The van der Waals surface area contributed by atoms with Crippen molar-refractivity contribution in [2.45, 2.75) is 52.7 Å². The number of β-amino-alcohol motifs (C(OH)–C–C–N with tert-alkyl or cyclic N) is 1. The Hall–Kier alpha value is -0.860. The van der Waals surface area contributed by atoms with Crippen molar-refractivity contribution < 1.29 is 5.11 Å². The fourth-order valence-corrected chi connectivity index (χ4v) is 1.87. The number of nitrogens with one attached hydrogen (secondary N) is 1. The van der Waals surface area contributed by atoms with Crippen LogP contribution in [0.15, 0.2) is 24.3 Å². The highest BCUT2D eigenvalue weighted by molar-refractivity contribution is 5.24. The minimum absolute atomic E-state index is 0.0402. The van der Waals surface area contributed by atoms with Crippen molar-refractivity contribution in [1.29, 1.82) is 0 Å². The smallest absolute Gasteiger partial charge is 0.0914 e. The molecule has 0 spiro atoms. The average molecular weight is 249 g/mol. The predicted molar refractivity (Wildman–Crippen MR) is 77.7 cm³/mol. The summed E-state index contributed by atoms with van der Waals surface area (Å²) in [5, 5.41) is 13.4. The Bertz CT molecular complexity index is 348. The van der Waals surface area contributed by atoms with Crippen LogP contribution in [-0.4, -0.2) is 17.2 Å². The second-order valence-corrected chi connectivity index (χ2v) is 6.49. The third-order valence-electron chi connectivity index (χ3n) is 2.83. The summed E-state index contributed by atoms with van der Waals surface area (Å²) >= 11 is 0. The topological polar surface area (TPSA) is 32.3 Å². The highest BCUT2D eigenvalue weighted by Crippen LogP contribution is 2.16. The van der Waals surface area contributed by atoms with Gasteiger partial charge in [0, 0.05) is 12.1 Å². The number of benzene rings is 1. The van der Waals surface area contributed by atoms with Crippen molar-refractivity contribution in [2.75, 3.05) is 6.54 Å². The molecule has 0 amide bonds. The molecule has 2 N–H and O–H groups in total. The van der Waals surface area contributed by atoms with Crippen molar-refractivity contribution in [3.8, 4) is 0 Å². The van der Waals surface area contributed by atoms with Crippen LogP contribution in [0.4, 0.5) is 0 Å². The molecular formula is C16H27NO. The van der Waals surface area contributed by atoms with E-state index in [-0.39, 0.29) is 5.54 Å². The maximum absolute atomic E-state index is 10.1. The van der Waals surface area contributed by atoms with Gasteiger partial charge in [-0.3, -0.25) is 0 Å². The van der Waals surface area contributed by atoms with E-state index in [0.717, 1.165) is 12.0 Å². The van der Waals surface area contributed by atoms with Gasteiger partial charge in [-0.2, -0.15) is 0 Å². The van der Waals surface area contributed by atoms with Crippen LogP contribution in [0.3, 0.4) is 0 Å². The Morgan fingerprint density at radius 3 is 2.11 bits per heavy atom. The number of hydrogen-bond donors (Lipinski definition) is 2. The van der Waals surface area contributed by atoms with E-state index in [4.69, 9.17) is 0 Å². The molecule has 0 saturated heterocycles. The second kappa shape index (κ2) is 6.35. The summed E-state index contributed by atoms with van der Waals surface area (Å²) in [6, 6.07) is 8.31. The Labute approximate surface area is 111 Å². The van der Waals surface area contributed by atoms with Gasteiger partial charge >= 0.3 is 0 Å². The molecule has 1 unspecified atom stereocenters. The van der Waals surface area contributed by atoms with E-state index in [0.29, 0.717) is 12.5 Å². The molecule has 1 aromatic carbocycles. The second-order valence-electron chi connectivity index (χ2n) is 6.49. The minimum Gasteiger partial charge on any atom is -0.387 e. The van der Waals surface area contributed by atoms with Gasteiger partial charge in [0.05, 0.1) is 6.10 Å². The first-order valence-corrected chi connectivity index (χ1v) is 6.80. The number of aliphatic hydroxyl groups excluding tert-OH is 1. The lowest BCUT2D eigenvalue weighted by molar-refractivity contribution is 0.163. The van der Waals surface area contributed by atoms with Gasteiger partial charge in [-0.15, -0.1) is 0 Å². The quantitative estimate of drug-likeness (QED) is 0.839. The van der Waals surface area contributed by atoms with Gasteiger partial charge in [0.1, 0.15) is 0 Å².